The molecule has 3 amide bonds. The van der Waals surface area contributed by atoms with Crippen LogP contribution in [0.3, 0.4) is 0 Å². The van der Waals surface area contributed by atoms with E-state index in [2.05, 4.69) is 22.5 Å². The summed E-state index contributed by atoms with van der Waals surface area (Å²) in [6.45, 7) is 0.00253. The van der Waals surface area contributed by atoms with Crippen LogP contribution in [0.4, 0.5) is 4.39 Å². The smallest absolute Gasteiger partial charge is 0.242 e. The molecule has 254 valence electrons. The van der Waals surface area contributed by atoms with Crippen LogP contribution in [-0.4, -0.2) is 96.0 Å². The van der Waals surface area contributed by atoms with E-state index in [4.69, 9.17) is 12.8 Å². The summed E-state index contributed by atoms with van der Waals surface area (Å²) in [7, 11) is 3.23. The first-order valence-corrected chi connectivity index (χ1v) is 16.5. The number of likely N-dealkylation sites (N-methyl/N-ethyl adjacent to an activating group) is 2. The number of carbonyl (C=O) groups is 3. The lowest BCUT2D eigenvalue weighted by Crippen LogP contribution is -2.56. The summed E-state index contributed by atoms with van der Waals surface area (Å²) in [4.78, 5) is 43.6. The number of carbonyl (C=O) groups excluding carboxylic acids is 3. The maximum Gasteiger partial charge on any atom is 0.242 e. The van der Waals surface area contributed by atoms with Gasteiger partial charge in [-0.1, -0.05) is 62.4 Å². The van der Waals surface area contributed by atoms with Gasteiger partial charge >= 0.3 is 0 Å². The molecule has 0 bridgehead atoms. The molecule has 0 spiro atoms. The van der Waals surface area contributed by atoms with Crippen molar-refractivity contribution in [2.75, 3.05) is 34.0 Å². The molecule has 0 heterocycles. The summed E-state index contributed by atoms with van der Waals surface area (Å²) in [5, 5.41) is 27.5. The molecule has 0 aliphatic heterocycles. The summed E-state index contributed by atoms with van der Waals surface area (Å²) < 4.78 is 12.9. The fourth-order valence-corrected chi connectivity index (χ4v) is 5.83. The quantitative estimate of drug-likeness (QED) is 0.128. The minimum Gasteiger partial charge on any atom is -0.390 e. The molecule has 1 aliphatic rings. The highest BCUT2D eigenvalue weighted by molar-refractivity contribution is 5.91. The maximum absolute atomic E-state index is 13.8. The van der Waals surface area contributed by atoms with E-state index < -0.39 is 48.8 Å². The van der Waals surface area contributed by atoms with E-state index in [1.807, 2.05) is 30.3 Å². The molecule has 0 saturated heterocycles. The first kappa shape index (κ1) is 38.7. The zero-order chi connectivity index (χ0) is 33.9. The normalized spacial score (nSPS) is 16.7. The number of halogens is 1. The Balaban J connectivity index is 2.24. The molecule has 1 aromatic carbocycles. The number of hydrogen-bond acceptors (Lipinski definition) is 6. The van der Waals surface area contributed by atoms with E-state index in [0.717, 1.165) is 37.7 Å². The Bertz CT molecular complexity index is 1150. The number of nitrogens with one attached hydrogen (secondary N) is 2. The summed E-state index contributed by atoms with van der Waals surface area (Å²) in [5.74, 6) is 3.24. The van der Waals surface area contributed by atoms with Crippen molar-refractivity contribution >= 4 is 17.7 Å². The molecule has 4 unspecified atom stereocenters. The first-order chi connectivity index (χ1) is 22.1. The summed E-state index contributed by atoms with van der Waals surface area (Å²) in [6, 6.07) is 7.55. The Morgan fingerprint density at radius 3 is 2.24 bits per heavy atom. The van der Waals surface area contributed by atoms with E-state index in [9.17, 15) is 29.0 Å². The standard InChI is InChI=1S/C36H53FN4O5/c1-5-7-19-30(36(46)39-31(24-28-17-13-10-14-18-28)34(44)32(42)20-8-6-2)38-35(45)29(23-27-15-11-9-12-16-27)25-33(43)41(4)22-21-40(3)26-37/h1-2,9,11-12,15-16,28-32,34,42,44H,7-8,10,13-14,17-26H2,3-4H3,(H,38,45)(H,39,46)/t29?,30-,31?,32?,34?/m0/s1. The molecule has 5 atom stereocenters. The van der Waals surface area contributed by atoms with Crippen LogP contribution in [0.5, 0.6) is 0 Å². The number of terminal acetylenes is 2. The van der Waals surface area contributed by atoms with Crippen LogP contribution in [0.2, 0.25) is 0 Å². The monoisotopic (exact) mass is 640 g/mol. The van der Waals surface area contributed by atoms with Gasteiger partial charge in [-0.05, 0) is 44.2 Å². The highest BCUT2D eigenvalue weighted by Crippen LogP contribution is 2.29. The van der Waals surface area contributed by atoms with Crippen molar-refractivity contribution in [3.05, 3.63) is 35.9 Å². The number of amides is 3. The molecule has 0 radical (unpaired) electrons. The van der Waals surface area contributed by atoms with Gasteiger partial charge in [0.15, 0.2) is 0 Å². The van der Waals surface area contributed by atoms with Crippen LogP contribution in [0.1, 0.15) is 76.2 Å². The molecule has 46 heavy (non-hydrogen) atoms. The van der Waals surface area contributed by atoms with E-state index in [-0.39, 0.29) is 50.4 Å². The van der Waals surface area contributed by atoms with E-state index in [0.29, 0.717) is 19.5 Å². The van der Waals surface area contributed by atoms with Crippen LogP contribution in [0, 0.1) is 36.5 Å². The van der Waals surface area contributed by atoms with Crippen molar-refractivity contribution in [3.8, 4) is 24.7 Å². The number of rotatable bonds is 20. The number of hydrogen-bond donors (Lipinski definition) is 4. The lowest BCUT2D eigenvalue weighted by atomic mass is 9.82. The molecule has 2 rings (SSSR count). The lowest BCUT2D eigenvalue weighted by molar-refractivity contribution is -0.137. The SMILES string of the molecule is C#CCCC(O)C(O)C(CC1CCCCC1)NC(=O)[C@H](CCC#C)NC(=O)C(CC(=O)N(C)CCN(C)CF)Cc1ccccc1. The molecule has 1 saturated carbocycles. The molecule has 1 fully saturated rings. The largest absolute Gasteiger partial charge is 0.390 e. The molecule has 1 aromatic rings. The second kappa shape index (κ2) is 21.4. The fraction of sp³-hybridized carbons (Fsp3) is 0.639. The van der Waals surface area contributed by atoms with Crippen molar-refractivity contribution in [2.24, 2.45) is 11.8 Å². The van der Waals surface area contributed by atoms with Crippen molar-refractivity contribution in [1.82, 2.24) is 20.4 Å². The molecule has 4 N–H and O–H groups in total. The molecule has 9 nitrogen and oxygen atoms in total. The van der Waals surface area contributed by atoms with Gasteiger partial charge in [-0.3, -0.25) is 19.3 Å². The van der Waals surface area contributed by atoms with Crippen molar-refractivity contribution in [2.45, 2.75) is 101 Å². The van der Waals surface area contributed by atoms with Gasteiger partial charge in [-0.25, -0.2) is 4.39 Å². The van der Waals surface area contributed by atoms with Gasteiger partial charge in [-0.15, -0.1) is 24.7 Å². The van der Waals surface area contributed by atoms with Crippen molar-refractivity contribution < 1.29 is 29.0 Å². The van der Waals surface area contributed by atoms with Crippen LogP contribution >= 0.6 is 0 Å². The van der Waals surface area contributed by atoms with Crippen LogP contribution < -0.4 is 10.6 Å². The highest BCUT2D eigenvalue weighted by atomic mass is 19.1. The second-order valence-electron chi connectivity index (χ2n) is 12.6. The number of nitrogens with zero attached hydrogens (tertiary/aromatic N) is 2. The molecule has 10 heteroatoms. The van der Waals surface area contributed by atoms with E-state index >= 15 is 0 Å². The van der Waals surface area contributed by atoms with Gasteiger partial charge < -0.3 is 25.7 Å². The number of benzene rings is 1. The zero-order valence-corrected chi connectivity index (χ0v) is 27.5. The lowest BCUT2D eigenvalue weighted by Gasteiger charge is -2.33. The fourth-order valence-electron chi connectivity index (χ4n) is 5.83. The van der Waals surface area contributed by atoms with Gasteiger partial charge in [0.25, 0.3) is 0 Å². The third kappa shape index (κ3) is 13.9. The third-order valence-corrected chi connectivity index (χ3v) is 8.80. The predicted molar refractivity (Wildman–Crippen MR) is 178 cm³/mol. The van der Waals surface area contributed by atoms with Gasteiger partial charge in [-0.2, -0.15) is 0 Å². The van der Waals surface area contributed by atoms with Crippen LogP contribution in [0.25, 0.3) is 0 Å². The van der Waals surface area contributed by atoms with Crippen LogP contribution in [-0.2, 0) is 20.8 Å². The molecule has 0 aromatic heterocycles. The topological polar surface area (TPSA) is 122 Å². The third-order valence-electron chi connectivity index (χ3n) is 8.80. The molecular formula is C36H53FN4O5. The van der Waals surface area contributed by atoms with E-state index in [1.165, 1.54) is 9.80 Å². The molecule has 1 aliphatic carbocycles. The Morgan fingerprint density at radius 1 is 0.957 bits per heavy atom. The Morgan fingerprint density at radius 2 is 1.61 bits per heavy atom. The van der Waals surface area contributed by atoms with E-state index in [1.54, 1.807) is 14.1 Å². The number of aliphatic hydroxyl groups is 2. The van der Waals surface area contributed by atoms with Crippen molar-refractivity contribution in [3.63, 3.8) is 0 Å². The predicted octanol–water partition coefficient (Wildman–Crippen LogP) is 3.04. The van der Waals surface area contributed by atoms with Gasteiger partial charge in [0.2, 0.25) is 17.7 Å². The zero-order valence-electron chi connectivity index (χ0n) is 27.5. The number of aliphatic hydroxyl groups excluding tert-OH is 2. The summed E-state index contributed by atoms with van der Waals surface area (Å²) in [5.41, 5.74) is 0.858. The Hall–Kier alpha value is -3.44. The minimum absolute atomic E-state index is 0.107. The minimum atomic E-state index is -1.24. The second-order valence-corrected chi connectivity index (χ2v) is 12.6. The summed E-state index contributed by atoms with van der Waals surface area (Å²) >= 11 is 0. The van der Waals surface area contributed by atoms with Gasteiger partial charge in [0, 0.05) is 39.4 Å². The average Bonchev–Trinajstić information content (AvgIpc) is 3.07. The average molecular weight is 641 g/mol. The highest BCUT2D eigenvalue weighted by Gasteiger charge is 2.34. The Kier molecular flexibility index (Phi) is 18.0. The van der Waals surface area contributed by atoms with Crippen LogP contribution in [0.15, 0.2) is 30.3 Å². The maximum atomic E-state index is 13.8. The Labute approximate surface area is 274 Å². The van der Waals surface area contributed by atoms with Gasteiger partial charge in [0.1, 0.15) is 18.9 Å². The van der Waals surface area contributed by atoms with Gasteiger partial charge in [0.05, 0.1) is 18.1 Å². The molecular weight excluding hydrogens is 587 g/mol. The summed E-state index contributed by atoms with van der Waals surface area (Å²) in [6.07, 6.45) is 15.3. The first-order valence-electron chi connectivity index (χ1n) is 16.5. The van der Waals surface area contributed by atoms with Crippen molar-refractivity contribution in [1.29, 1.82) is 0 Å². The number of alkyl halides is 1.